The van der Waals surface area contributed by atoms with Crippen molar-refractivity contribution >= 4 is 100 Å². The summed E-state index contributed by atoms with van der Waals surface area (Å²) < 4.78 is 10.3. The van der Waals surface area contributed by atoms with Crippen molar-refractivity contribution in [1.82, 2.24) is 4.98 Å². The van der Waals surface area contributed by atoms with Gasteiger partial charge in [-0.3, -0.25) is 4.98 Å². The SMILES string of the molecule is C(=C1SC2=C(S1)SC(=C1SC3=C(SCCS3)S1)S2)c1cccnc1. The number of hydrogen-bond donors (Lipinski definition) is 0. The molecule has 0 atom stereocenters. The molecule has 4 aliphatic heterocycles. The molecule has 5 rings (SSSR count). The highest BCUT2D eigenvalue weighted by molar-refractivity contribution is 8.49. The van der Waals surface area contributed by atoms with Gasteiger partial charge in [0, 0.05) is 23.9 Å². The lowest BCUT2D eigenvalue weighted by atomic mass is 10.3. The van der Waals surface area contributed by atoms with Crippen molar-refractivity contribution in [3.63, 3.8) is 0 Å². The highest BCUT2D eigenvalue weighted by Gasteiger charge is 2.35. The first-order chi connectivity index (χ1) is 11.8. The fourth-order valence-electron chi connectivity index (χ4n) is 2.14. The van der Waals surface area contributed by atoms with Crippen molar-refractivity contribution in [1.29, 1.82) is 0 Å². The van der Waals surface area contributed by atoms with E-state index in [1.54, 1.807) is 0 Å². The molecule has 9 heteroatoms. The van der Waals surface area contributed by atoms with Crippen LogP contribution in [0.2, 0.25) is 0 Å². The van der Waals surface area contributed by atoms with E-state index in [9.17, 15) is 0 Å². The molecule has 0 spiro atoms. The van der Waals surface area contributed by atoms with Gasteiger partial charge in [-0.15, -0.1) is 23.5 Å². The predicted octanol–water partition coefficient (Wildman–Crippen LogP) is 7.68. The molecule has 0 fully saturated rings. The molecule has 0 amide bonds. The monoisotopic (exact) mass is 459 g/mol. The van der Waals surface area contributed by atoms with Crippen LogP contribution in [0.1, 0.15) is 5.56 Å². The van der Waals surface area contributed by atoms with Gasteiger partial charge in [0.15, 0.2) is 0 Å². The van der Waals surface area contributed by atoms with Crippen molar-refractivity contribution < 1.29 is 0 Å². The number of thioether (sulfide) groups is 8. The number of hydrogen-bond acceptors (Lipinski definition) is 9. The van der Waals surface area contributed by atoms with E-state index < -0.39 is 0 Å². The summed E-state index contributed by atoms with van der Waals surface area (Å²) in [6.07, 6.45) is 5.98. The van der Waals surface area contributed by atoms with Crippen LogP contribution >= 0.6 is 94.1 Å². The van der Waals surface area contributed by atoms with Gasteiger partial charge in [-0.25, -0.2) is 0 Å². The zero-order chi connectivity index (χ0) is 15.9. The van der Waals surface area contributed by atoms with E-state index in [1.807, 2.05) is 113 Å². The maximum Gasteiger partial charge on any atom is 0.0718 e. The Morgan fingerprint density at radius 1 is 0.750 bits per heavy atom. The van der Waals surface area contributed by atoms with Crippen molar-refractivity contribution in [3.8, 4) is 0 Å². The van der Waals surface area contributed by atoms with Crippen LogP contribution in [0.15, 0.2) is 54.2 Å². The molecule has 1 nitrogen and oxygen atoms in total. The molecule has 0 bridgehead atoms. The number of nitrogens with zero attached hydrogens (tertiary/aromatic N) is 1. The third-order valence-corrected chi connectivity index (χ3v) is 14.9. The molecule has 122 valence electrons. The van der Waals surface area contributed by atoms with E-state index in [2.05, 4.69) is 17.1 Å². The molecule has 4 aliphatic rings. The molecule has 5 heterocycles. The van der Waals surface area contributed by atoms with Gasteiger partial charge in [0.25, 0.3) is 0 Å². The minimum absolute atomic E-state index is 1.18. The van der Waals surface area contributed by atoms with Gasteiger partial charge in [-0.2, -0.15) is 0 Å². The fraction of sp³-hybridized carbons (Fsp3) is 0.133. The molecule has 0 radical (unpaired) electrons. The summed E-state index contributed by atoms with van der Waals surface area (Å²) in [4.78, 5) is 4.19. The van der Waals surface area contributed by atoms with Crippen LogP contribution < -0.4 is 0 Å². The first-order valence-electron chi connectivity index (χ1n) is 7.02. The highest BCUT2D eigenvalue weighted by Crippen LogP contribution is 2.71. The molecule has 1 aromatic heterocycles. The summed E-state index contributed by atoms with van der Waals surface area (Å²) in [5, 5.41) is 0. The van der Waals surface area contributed by atoms with Gasteiger partial charge in [0.1, 0.15) is 0 Å². The Bertz CT molecular complexity index is 781. The molecule has 0 unspecified atom stereocenters. The van der Waals surface area contributed by atoms with Crippen molar-refractivity contribution in [2.24, 2.45) is 0 Å². The summed E-state index contributed by atoms with van der Waals surface area (Å²) in [5.74, 6) is 2.51. The van der Waals surface area contributed by atoms with Crippen molar-refractivity contribution in [3.05, 3.63) is 59.8 Å². The summed E-state index contributed by atoms with van der Waals surface area (Å²) in [7, 11) is 0. The Labute approximate surface area is 175 Å². The van der Waals surface area contributed by atoms with Gasteiger partial charge >= 0.3 is 0 Å². The van der Waals surface area contributed by atoms with Crippen LogP contribution in [0, 0.1) is 0 Å². The maximum atomic E-state index is 4.19. The highest BCUT2D eigenvalue weighted by atomic mass is 32.3. The Morgan fingerprint density at radius 2 is 1.33 bits per heavy atom. The van der Waals surface area contributed by atoms with Crippen LogP contribution in [0.3, 0.4) is 0 Å². The second-order valence-corrected chi connectivity index (χ2v) is 15.0. The lowest BCUT2D eigenvalue weighted by molar-refractivity contribution is 1.32. The number of rotatable bonds is 1. The quantitative estimate of drug-likeness (QED) is 0.415. The largest absolute Gasteiger partial charge is 0.264 e. The van der Waals surface area contributed by atoms with Gasteiger partial charge in [-0.1, -0.05) is 76.6 Å². The Balaban J connectivity index is 1.28. The average molecular weight is 460 g/mol. The molecule has 0 saturated carbocycles. The lowest BCUT2D eigenvalue weighted by Crippen LogP contribution is -1.88. The van der Waals surface area contributed by atoms with E-state index in [0.29, 0.717) is 0 Å². The van der Waals surface area contributed by atoms with Crippen LogP contribution in [-0.4, -0.2) is 16.5 Å². The Kier molecular flexibility index (Phi) is 5.32. The minimum Gasteiger partial charge on any atom is -0.264 e. The zero-order valence-electron chi connectivity index (χ0n) is 12.0. The Morgan fingerprint density at radius 3 is 1.92 bits per heavy atom. The van der Waals surface area contributed by atoms with E-state index in [1.165, 1.54) is 46.7 Å². The van der Waals surface area contributed by atoms with E-state index in [4.69, 9.17) is 0 Å². The van der Waals surface area contributed by atoms with Gasteiger partial charge in [0.2, 0.25) is 0 Å². The van der Waals surface area contributed by atoms with Crippen molar-refractivity contribution in [2.45, 2.75) is 0 Å². The summed E-state index contributed by atoms with van der Waals surface area (Å²) in [5.41, 5.74) is 1.18. The molecule has 24 heavy (non-hydrogen) atoms. The van der Waals surface area contributed by atoms with E-state index in [0.717, 1.165) is 0 Å². The molecular weight excluding hydrogens is 451 g/mol. The normalized spacial score (nSPS) is 23.2. The topological polar surface area (TPSA) is 12.9 Å². The second-order valence-electron chi connectivity index (χ2n) is 4.78. The summed E-state index contributed by atoms with van der Waals surface area (Å²) in [6, 6.07) is 4.10. The summed E-state index contributed by atoms with van der Waals surface area (Å²) in [6.45, 7) is 0. The van der Waals surface area contributed by atoms with Gasteiger partial charge in [0.05, 0.1) is 29.7 Å². The molecule has 0 saturated heterocycles. The minimum atomic E-state index is 1.18. The van der Waals surface area contributed by atoms with Crippen LogP contribution in [0.25, 0.3) is 6.08 Å². The molecule has 0 aromatic carbocycles. The lowest BCUT2D eigenvalue weighted by Gasteiger charge is -2.08. The smallest absolute Gasteiger partial charge is 0.0718 e. The van der Waals surface area contributed by atoms with Crippen LogP contribution in [0.5, 0.6) is 0 Å². The van der Waals surface area contributed by atoms with E-state index in [-0.39, 0.29) is 0 Å². The van der Waals surface area contributed by atoms with Crippen molar-refractivity contribution in [2.75, 3.05) is 11.5 Å². The zero-order valence-corrected chi connectivity index (χ0v) is 18.5. The van der Waals surface area contributed by atoms with Crippen LogP contribution in [-0.2, 0) is 0 Å². The maximum absolute atomic E-state index is 4.19. The van der Waals surface area contributed by atoms with Crippen LogP contribution in [0.4, 0.5) is 0 Å². The Hall–Kier alpha value is 0.910. The summed E-state index contributed by atoms with van der Waals surface area (Å²) >= 11 is 15.8. The molecule has 0 aliphatic carbocycles. The predicted molar refractivity (Wildman–Crippen MR) is 124 cm³/mol. The molecular formula is C15H9NS8. The average Bonchev–Trinajstić information content (AvgIpc) is 3.27. The number of pyridine rings is 1. The van der Waals surface area contributed by atoms with Gasteiger partial charge in [-0.05, 0) is 17.7 Å². The van der Waals surface area contributed by atoms with Gasteiger partial charge < -0.3 is 0 Å². The first kappa shape index (κ1) is 17.0. The standard InChI is InChI=1S/C15H9NS8/c1-2-8(7-16-3-1)6-9-19-12-13(20-9)24-15(23-12)14-21-10-11(22-14)18-5-4-17-10/h1-3,6-7H,4-5H2. The van der Waals surface area contributed by atoms with E-state index >= 15 is 0 Å². The third-order valence-electron chi connectivity index (χ3n) is 3.15. The third kappa shape index (κ3) is 3.52. The molecule has 1 aromatic rings. The number of aromatic nitrogens is 1. The molecule has 0 N–H and O–H groups in total. The fourth-order valence-corrected chi connectivity index (χ4v) is 14.7. The second kappa shape index (κ2) is 7.50. The first-order valence-corrected chi connectivity index (χ1v) is 13.9.